The predicted molar refractivity (Wildman–Crippen MR) is 100 cm³/mol. The van der Waals surface area contributed by atoms with E-state index in [2.05, 4.69) is 28.2 Å². The first-order chi connectivity index (χ1) is 12.3. The summed E-state index contributed by atoms with van der Waals surface area (Å²) in [5.74, 6) is -0.668. The molecule has 2 rings (SSSR count). The number of nitrogens with zero attached hydrogens (tertiary/aromatic N) is 2. The maximum absolute atomic E-state index is 12.4. The van der Waals surface area contributed by atoms with Crippen molar-refractivity contribution in [1.82, 2.24) is 0 Å². The standard InChI is InChI=1S/C17H16BrN3O5/c1-2-3-4-11-5-6-16(15(18)7-11)19-17(22)12-8-13(20(23)24)10-14(9-12)21(25)26/h5-10H,2-4H2,1H3,(H,19,22). The highest BCUT2D eigenvalue weighted by Crippen LogP contribution is 2.27. The Morgan fingerprint density at radius 1 is 1.08 bits per heavy atom. The van der Waals surface area contributed by atoms with E-state index in [0.29, 0.717) is 10.2 Å². The van der Waals surface area contributed by atoms with Crippen LogP contribution in [-0.2, 0) is 6.42 Å². The number of non-ortho nitro benzene ring substituents is 2. The minimum atomic E-state index is -0.776. The summed E-state index contributed by atoms with van der Waals surface area (Å²) in [5, 5.41) is 24.5. The lowest BCUT2D eigenvalue weighted by molar-refractivity contribution is -0.394. The summed E-state index contributed by atoms with van der Waals surface area (Å²) in [4.78, 5) is 32.7. The van der Waals surface area contributed by atoms with Gasteiger partial charge in [-0.3, -0.25) is 25.0 Å². The number of hydrogen-bond donors (Lipinski definition) is 1. The van der Waals surface area contributed by atoms with Crippen LogP contribution in [0.4, 0.5) is 17.1 Å². The van der Waals surface area contributed by atoms with Gasteiger partial charge in [0, 0.05) is 16.6 Å². The number of rotatable bonds is 7. The Labute approximate surface area is 157 Å². The van der Waals surface area contributed by atoms with Crippen LogP contribution < -0.4 is 5.32 Å². The third-order valence-corrected chi connectivity index (χ3v) is 4.34. The second-order valence-electron chi connectivity index (χ2n) is 5.62. The Morgan fingerprint density at radius 2 is 1.69 bits per heavy atom. The molecule has 1 amide bonds. The Bertz CT molecular complexity index is 837. The Kier molecular flexibility index (Phi) is 6.40. The molecule has 0 spiro atoms. The minimum Gasteiger partial charge on any atom is -0.321 e. The second kappa shape index (κ2) is 8.52. The lowest BCUT2D eigenvalue weighted by atomic mass is 10.1. The summed E-state index contributed by atoms with van der Waals surface area (Å²) in [6.07, 6.45) is 3.04. The van der Waals surface area contributed by atoms with Gasteiger partial charge < -0.3 is 5.32 Å². The molecule has 0 heterocycles. The lowest BCUT2D eigenvalue weighted by Gasteiger charge is -2.09. The highest BCUT2D eigenvalue weighted by atomic mass is 79.9. The number of nitro groups is 2. The average Bonchev–Trinajstić information content (AvgIpc) is 2.61. The third-order valence-electron chi connectivity index (χ3n) is 3.69. The first-order valence-corrected chi connectivity index (χ1v) is 8.64. The molecule has 0 aliphatic rings. The third kappa shape index (κ3) is 4.85. The molecular formula is C17H16BrN3O5. The van der Waals surface area contributed by atoms with E-state index in [1.165, 1.54) is 0 Å². The summed E-state index contributed by atoms with van der Waals surface area (Å²) in [6.45, 7) is 2.10. The molecule has 9 heteroatoms. The number of halogens is 1. The van der Waals surface area contributed by atoms with Gasteiger partial charge in [0.15, 0.2) is 0 Å². The van der Waals surface area contributed by atoms with Gasteiger partial charge in [0.05, 0.1) is 27.2 Å². The monoisotopic (exact) mass is 421 g/mol. The highest BCUT2D eigenvalue weighted by Gasteiger charge is 2.20. The van der Waals surface area contributed by atoms with Crippen molar-refractivity contribution in [3.05, 3.63) is 72.2 Å². The van der Waals surface area contributed by atoms with Gasteiger partial charge in [-0.05, 0) is 46.5 Å². The Hall–Kier alpha value is -2.81. The first-order valence-electron chi connectivity index (χ1n) is 7.85. The summed E-state index contributed by atoms with van der Waals surface area (Å²) in [7, 11) is 0. The number of carbonyl (C=O) groups excluding carboxylic acids is 1. The van der Waals surface area contributed by atoms with Crippen LogP contribution in [-0.4, -0.2) is 15.8 Å². The number of unbranched alkanes of at least 4 members (excludes halogenated alkanes) is 1. The van der Waals surface area contributed by atoms with Gasteiger partial charge in [0.1, 0.15) is 0 Å². The number of anilines is 1. The summed E-state index contributed by atoms with van der Waals surface area (Å²) < 4.78 is 0.666. The largest absolute Gasteiger partial charge is 0.321 e. The normalized spacial score (nSPS) is 10.4. The van der Waals surface area contributed by atoms with Crippen LogP contribution in [0.15, 0.2) is 40.9 Å². The number of carbonyl (C=O) groups is 1. The fraction of sp³-hybridized carbons (Fsp3) is 0.235. The second-order valence-corrected chi connectivity index (χ2v) is 6.48. The molecular weight excluding hydrogens is 406 g/mol. The molecule has 0 fully saturated rings. The molecule has 0 saturated carbocycles. The van der Waals surface area contributed by atoms with E-state index in [1.54, 1.807) is 6.07 Å². The van der Waals surface area contributed by atoms with E-state index in [-0.39, 0.29) is 5.56 Å². The van der Waals surface area contributed by atoms with Gasteiger partial charge in [-0.15, -0.1) is 0 Å². The molecule has 2 aromatic carbocycles. The Morgan fingerprint density at radius 3 is 2.19 bits per heavy atom. The van der Waals surface area contributed by atoms with E-state index in [9.17, 15) is 25.0 Å². The number of aryl methyl sites for hydroxylation is 1. The summed E-state index contributed by atoms with van der Waals surface area (Å²) in [5.41, 5.74) is 0.400. The number of nitrogens with one attached hydrogen (secondary N) is 1. The van der Waals surface area contributed by atoms with Gasteiger partial charge in [-0.2, -0.15) is 0 Å². The van der Waals surface area contributed by atoms with Crippen LogP contribution in [0.25, 0.3) is 0 Å². The van der Waals surface area contributed by atoms with E-state index >= 15 is 0 Å². The molecule has 0 unspecified atom stereocenters. The van der Waals surface area contributed by atoms with E-state index in [1.807, 2.05) is 12.1 Å². The topological polar surface area (TPSA) is 115 Å². The number of amides is 1. The smallest absolute Gasteiger partial charge is 0.277 e. The zero-order valence-corrected chi connectivity index (χ0v) is 15.5. The fourth-order valence-corrected chi connectivity index (χ4v) is 2.85. The fourth-order valence-electron chi connectivity index (χ4n) is 2.33. The van der Waals surface area contributed by atoms with Crippen LogP contribution in [0.5, 0.6) is 0 Å². The SMILES string of the molecule is CCCCc1ccc(NC(=O)c2cc([N+](=O)[O-])cc([N+](=O)[O-])c2)c(Br)c1. The van der Waals surface area contributed by atoms with Crippen LogP contribution >= 0.6 is 15.9 Å². The van der Waals surface area contributed by atoms with Crippen molar-refractivity contribution in [2.45, 2.75) is 26.2 Å². The van der Waals surface area contributed by atoms with Crippen molar-refractivity contribution >= 4 is 38.9 Å². The molecule has 26 heavy (non-hydrogen) atoms. The van der Waals surface area contributed by atoms with Crippen LogP contribution in [0.2, 0.25) is 0 Å². The number of benzene rings is 2. The summed E-state index contributed by atoms with van der Waals surface area (Å²) in [6, 6.07) is 8.32. The zero-order chi connectivity index (χ0) is 19.3. The molecule has 0 aliphatic heterocycles. The zero-order valence-electron chi connectivity index (χ0n) is 13.9. The van der Waals surface area contributed by atoms with Crippen LogP contribution in [0.3, 0.4) is 0 Å². The van der Waals surface area contributed by atoms with Crippen molar-refractivity contribution in [2.75, 3.05) is 5.32 Å². The van der Waals surface area contributed by atoms with Crippen molar-refractivity contribution < 1.29 is 14.6 Å². The quantitative estimate of drug-likeness (QED) is 0.505. The maximum atomic E-state index is 12.4. The molecule has 0 atom stereocenters. The van der Waals surface area contributed by atoms with Gasteiger partial charge in [0.2, 0.25) is 0 Å². The average molecular weight is 422 g/mol. The molecule has 0 aliphatic carbocycles. The molecule has 2 aromatic rings. The van der Waals surface area contributed by atoms with Crippen LogP contribution in [0.1, 0.15) is 35.7 Å². The highest BCUT2D eigenvalue weighted by molar-refractivity contribution is 9.10. The predicted octanol–water partition coefficient (Wildman–Crippen LogP) is 4.86. The number of hydrogen-bond acceptors (Lipinski definition) is 5. The molecule has 0 bridgehead atoms. The molecule has 136 valence electrons. The molecule has 0 saturated heterocycles. The van der Waals surface area contributed by atoms with Gasteiger partial charge in [0.25, 0.3) is 17.3 Å². The van der Waals surface area contributed by atoms with E-state index in [0.717, 1.165) is 43.0 Å². The van der Waals surface area contributed by atoms with Gasteiger partial charge in [-0.1, -0.05) is 19.4 Å². The van der Waals surface area contributed by atoms with Gasteiger partial charge in [-0.25, -0.2) is 0 Å². The van der Waals surface area contributed by atoms with Crippen molar-refractivity contribution in [1.29, 1.82) is 0 Å². The van der Waals surface area contributed by atoms with Crippen LogP contribution in [0, 0.1) is 20.2 Å². The van der Waals surface area contributed by atoms with E-state index in [4.69, 9.17) is 0 Å². The molecule has 1 N–H and O–H groups in total. The number of nitro benzene ring substituents is 2. The maximum Gasteiger partial charge on any atom is 0.277 e. The minimum absolute atomic E-state index is 0.159. The lowest BCUT2D eigenvalue weighted by Crippen LogP contribution is -2.13. The first kappa shape index (κ1) is 19.5. The van der Waals surface area contributed by atoms with Crippen molar-refractivity contribution in [3.63, 3.8) is 0 Å². The summed E-state index contributed by atoms with van der Waals surface area (Å²) >= 11 is 3.38. The van der Waals surface area contributed by atoms with Crippen molar-refractivity contribution in [2.24, 2.45) is 0 Å². The Balaban J connectivity index is 2.27. The van der Waals surface area contributed by atoms with Crippen molar-refractivity contribution in [3.8, 4) is 0 Å². The van der Waals surface area contributed by atoms with Gasteiger partial charge >= 0.3 is 0 Å². The molecule has 0 radical (unpaired) electrons. The molecule has 0 aromatic heterocycles. The molecule has 8 nitrogen and oxygen atoms in total. The van der Waals surface area contributed by atoms with E-state index < -0.39 is 27.1 Å².